The summed E-state index contributed by atoms with van der Waals surface area (Å²) in [6.45, 7) is 1.97. The third-order valence-electron chi connectivity index (χ3n) is 3.79. The molecule has 0 bridgehead atoms. The molecule has 1 amide bonds. The average molecular weight is 378 g/mol. The van der Waals surface area contributed by atoms with Gasteiger partial charge in [0, 0.05) is 39.5 Å². The first-order valence-corrected chi connectivity index (χ1v) is 9.07. The molecule has 136 valence electrons. The molecule has 3 rings (SSSR count). The number of aromatic nitrogens is 1. The van der Waals surface area contributed by atoms with Gasteiger partial charge < -0.3 is 10.1 Å². The van der Waals surface area contributed by atoms with Gasteiger partial charge in [0.15, 0.2) is 5.78 Å². The van der Waals surface area contributed by atoms with Crippen molar-refractivity contribution in [2.24, 2.45) is 0 Å². The largest absolute Gasteiger partial charge is 0.497 e. The van der Waals surface area contributed by atoms with Crippen LogP contribution in [0.15, 0.2) is 66.5 Å². The van der Waals surface area contributed by atoms with E-state index in [1.54, 1.807) is 55.8 Å². The summed E-state index contributed by atoms with van der Waals surface area (Å²) in [7, 11) is 1.55. The number of carbonyl (C=O) groups excluding carboxylic acids is 2. The summed E-state index contributed by atoms with van der Waals surface area (Å²) in [5.74, 6) is -0.247. The van der Waals surface area contributed by atoms with Crippen molar-refractivity contribution in [3.05, 3.63) is 81.8 Å². The predicted molar refractivity (Wildman–Crippen MR) is 107 cm³/mol. The Balaban J connectivity index is 1.94. The van der Waals surface area contributed by atoms with Crippen molar-refractivity contribution in [2.75, 3.05) is 12.4 Å². The molecule has 2 heterocycles. The molecule has 6 heteroatoms. The summed E-state index contributed by atoms with van der Waals surface area (Å²) in [6, 6.07) is 14.1. The number of nitrogens with one attached hydrogen (secondary N) is 1. The number of benzene rings is 1. The summed E-state index contributed by atoms with van der Waals surface area (Å²) in [5, 5.41) is 2.77. The van der Waals surface area contributed by atoms with Crippen molar-refractivity contribution < 1.29 is 14.3 Å². The first-order chi connectivity index (χ1) is 13.1. The fourth-order valence-electron chi connectivity index (χ4n) is 2.46. The molecular formula is C21H18N2O3S. The standard InChI is InChI=1S/C21H18N2O3S/c1-14-8-9-18(27-14)12-19(20(24)15-5-4-10-22-13-15)21(25)23-16-6-3-7-17(11-16)26-2/h3-13H,1-2H3,(H,23,25)/b19-12+. The van der Waals surface area contributed by atoms with E-state index in [0.717, 1.165) is 9.75 Å². The van der Waals surface area contributed by atoms with Gasteiger partial charge >= 0.3 is 0 Å². The molecule has 5 nitrogen and oxygen atoms in total. The van der Waals surface area contributed by atoms with Crippen molar-refractivity contribution in [1.29, 1.82) is 0 Å². The van der Waals surface area contributed by atoms with Gasteiger partial charge in [0.25, 0.3) is 5.91 Å². The zero-order valence-electron chi connectivity index (χ0n) is 14.9. The number of thiophene rings is 1. The highest BCUT2D eigenvalue weighted by Crippen LogP contribution is 2.22. The molecular weight excluding hydrogens is 360 g/mol. The summed E-state index contributed by atoms with van der Waals surface area (Å²) in [4.78, 5) is 31.7. The number of anilines is 1. The van der Waals surface area contributed by atoms with Crippen molar-refractivity contribution in [3.63, 3.8) is 0 Å². The molecule has 1 aromatic carbocycles. The van der Waals surface area contributed by atoms with Crippen LogP contribution in [0.1, 0.15) is 20.1 Å². The predicted octanol–water partition coefficient (Wildman–Crippen LogP) is 4.37. The molecule has 0 spiro atoms. The number of pyridine rings is 1. The van der Waals surface area contributed by atoms with Gasteiger partial charge in [0.2, 0.25) is 0 Å². The second-order valence-corrected chi connectivity index (χ2v) is 7.08. The molecule has 0 radical (unpaired) electrons. The fraction of sp³-hybridized carbons (Fsp3) is 0.0952. The van der Waals surface area contributed by atoms with E-state index in [4.69, 9.17) is 4.74 Å². The van der Waals surface area contributed by atoms with E-state index in [2.05, 4.69) is 10.3 Å². The number of hydrogen-bond acceptors (Lipinski definition) is 5. The Hall–Kier alpha value is -3.25. The van der Waals surface area contributed by atoms with Crippen LogP contribution in [-0.4, -0.2) is 23.8 Å². The lowest BCUT2D eigenvalue weighted by Gasteiger charge is -2.09. The molecule has 0 saturated heterocycles. The maximum absolute atomic E-state index is 12.9. The molecule has 0 atom stereocenters. The van der Waals surface area contributed by atoms with E-state index in [9.17, 15) is 9.59 Å². The van der Waals surface area contributed by atoms with Gasteiger partial charge in [0.05, 0.1) is 12.7 Å². The Bertz CT molecular complexity index is 993. The Labute approximate surface area is 161 Å². The number of amides is 1. The summed E-state index contributed by atoms with van der Waals surface area (Å²) in [5.41, 5.74) is 0.956. The van der Waals surface area contributed by atoms with Gasteiger partial charge in [-0.2, -0.15) is 0 Å². The third-order valence-corrected chi connectivity index (χ3v) is 4.74. The molecule has 0 aliphatic carbocycles. The highest BCUT2D eigenvalue weighted by Gasteiger charge is 2.21. The van der Waals surface area contributed by atoms with E-state index >= 15 is 0 Å². The number of methoxy groups -OCH3 is 1. The second-order valence-electron chi connectivity index (χ2n) is 5.76. The Morgan fingerprint density at radius 3 is 2.67 bits per heavy atom. The molecule has 0 aliphatic heterocycles. The third kappa shape index (κ3) is 4.68. The van der Waals surface area contributed by atoms with E-state index in [1.165, 1.54) is 17.5 Å². The smallest absolute Gasteiger partial charge is 0.259 e. The number of nitrogens with zero attached hydrogens (tertiary/aromatic N) is 1. The second kappa shape index (κ2) is 8.42. The van der Waals surface area contributed by atoms with Gasteiger partial charge in [-0.05, 0) is 49.4 Å². The molecule has 2 aromatic heterocycles. The zero-order chi connectivity index (χ0) is 19.2. The van der Waals surface area contributed by atoms with E-state index in [0.29, 0.717) is 17.0 Å². The normalized spacial score (nSPS) is 11.1. The lowest BCUT2D eigenvalue weighted by Crippen LogP contribution is -2.20. The Kier molecular flexibility index (Phi) is 5.78. The average Bonchev–Trinajstić information content (AvgIpc) is 3.11. The highest BCUT2D eigenvalue weighted by atomic mass is 32.1. The summed E-state index contributed by atoms with van der Waals surface area (Å²) >= 11 is 1.51. The van der Waals surface area contributed by atoms with Gasteiger partial charge in [0.1, 0.15) is 5.75 Å². The maximum atomic E-state index is 12.9. The van der Waals surface area contributed by atoms with Crippen LogP contribution in [0, 0.1) is 6.92 Å². The molecule has 27 heavy (non-hydrogen) atoms. The zero-order valence-corrected chi connectivity index (χ0v) is 15.7. The number of hydrogen-bond donors (Lipinski definition) is 1. The van der Waals surface area contributed by atoms with Gasteiger partial charge in [-0.1, -0.05) is 6.07 Å². The van der Waals surface area contributed by atoms with Crippen molar-refractivity contribution in [1.82, 2.24) is 4.98 Å². The van der Waals surface area contributed by atoms with Gasteiger partial charge in [-0.25, -0.2) is 0 Å². The lowest BCUT2D eigenvalue weighted by atomic mass is 10.0. The fourth-order valence-corrected chi connectivity index (χ4v) is 3.28. The van der Waals surface area contributed by atoms with E-state index in [1.807, 2.05) is 19.1 Å². The number of ether oxygens (including phenoxy) is 1. The van der Waals surface area contributed by atoms with Crippen LogP contribution in [0.5, 0.6) is 5.75 Å². The molecule has 0 aliphatic rings. The summed E-state index contributed by atoms with van der Waals surface area (Å²) in [6.07, 6.45) is 4.65. The van der Waals surface area contributed by atoms with Gasteiger partial charge in [-0.15, -0.1) is 11.3 Å². The van der Waals surface area contributed by atoms with Crippen LogP contribution in [-0.2, 0) is 4.79 Å². The minimum Gasteiger partial charge on any atom is -0.497 e. The van der Waals surface area contributed by atoms with Crippen LogP contribution in [0.25, 0.3) is 6.08 Å². The SMILES string of the molecule is COc1cccc(NC(=O)/C(=C/c2ccc(C)s2)C(=O)c2cccnc2)c1. The van der Waals surface area contributed by atoms with E-state index in [-0.39, 0.29) is 11.4 Å². The maximum Gasteiger partial charge on any atom is 0.259 e. The van der Waals surface area contributed by atoms with Crippen LogP contribution < -0.4 is 10.1 Å². The minimum absolute atomic E-state index is 0.0488. The first kappa shape index (κ1) is 18.5. The Morgan fingerprint density at radius 2 is 2.00 bits per heavy atom. The van der Waals surface area contributed by atoms with E-state index < -0.39 is 5.91 Å². The number of ketones is 1. The molecule has 0 saturated carbocycles. The Morgan fingerprint density at radius 1 is 1.15 bits per heavy atom. The number of carbonyl (C=O) groups is 2. The summed E-state index contributed by atoms with van der Waals surface area (Å²) < 4.78 is 5.17. The number of aryl methyl sites for hydroxylation is 1. The molecule has 0 fully saturated rings. The van der Waals surface area contributed by atoms with Crippen molar-refractivity contribution in [3.8, 4) is 5.75 Å². The topological polar surface area (TPSA) is 68.3 Å². The van der Waals surface area contributed by atoms with Gasteiger partial charge in [-0.3, -0.25) is 14.6 Å². The van der Waals surface area contributed by atoms with Crippen LogP contribution in [0.3, 0.4) is 0 Å². The minimum atomic E-state index is -0.483. The van der Waals surface area contributed by atoms with Crippen LogP contribution in [0.4, 0.5) is 5.69 Å². The van der Waals surface area contributed by atoms with Crippen molar-refractivity contribution in [2.45, 2.75) is 6.92 Å². The highest BCUT2D eigenvalue weighted by molar-refractivity contribution is 7.12. The quantitative estimate of drug-likeness (QED) is 0.299. The first-order valence-electron chi connectivity index (χ1n) is 8.25. The molecule has 0 unspecified atom stereocenters. The molecule has 1 N–H and O–H groups in total. The van der Waals surface area contributed by atoms with Crippen molar-refractivity contribution >= 4 is 34.8 Å². The number of Topliss-reactive ketones (excluding diaryl/α,β-unsaturated/α-hetero) is 1. The monoisotopic (exact) mass is 378 g/mol. The number of rotatable bonds is 6. The van der Waals surface area contributed by atoms with Crippen LogP contribution >= 0.6 is 11.3 Å². The lowest BCUT2D eigenvalue weighted by molar-refractivity contribution is -0.112. The van der Waals surface area contributed by atoms with Crippen LogP contribution in [0.2, 0.25) is 0 Å². The molecule has 3 aromatic rings.